The van der Waals surface area contributed by atoms with Gasteiger partial charge in [0.05, 0.1) is 13.2 Å². The minimum Gasteiger partial charge on any atom is -0.395 e. The maximum atomic E-state index is 14.0. The molecule has 1 aromatic rings. The van der Waals surface area contributed by atoms with Crippen molar-refractivity contribution in [1.82, 2.24) is 10.2 Å². The van der Waals surface area contributed by atoms with Gasteiger partial charge < -0.3 is 10.4 Å². The van der Waals surface area contributed by atoms with Crippen LogP contribution in [0.15, 0.2) is 18.2 Å². The molecule has 0 atom stereocenters. The van der Waals surface area contributed by atoms with Gasteiger partial charge in [-0.15, -0.1) is 0 Å². The van der Waals surface area contributed by atoms with Crippen LogP contribution >= 0.6 is 0 Å². The van der Waals surface area contributed by atoms with Crippen molar-refractivity contribution in [2.75, 3.05) is 26.7 Å². The van der Waals surface area contributed by atoms with E-state index in [9.17, 15) is 9.18 Å². The molecular weight excluding hydrogens is 271 g/mol. The average molecular weight is 292 g/mol. The van der Waals surface area contributed by atoms with E-state index in [-0.39, 0.29) is 24.9 Å². The molecule has 21 heavy (non-hydrogen) atoms. The number of hydrogen-bond donors (Lipinski definition) is 2. The Morgan fingerprint density at radius 1 is 1.48 bits per heavy atom. The summed E-state index contributed by atoms with van der Waals surface area (Å²) in [6.45, 7) is 3.20. The Bertz CT molecular complexity index is 535. The average Bonchev–Trinajstić information content (AvgIpc) is 2.49. The van der Waals surface area contributed by atoms with Crippen molar-refractivity contribution in [3.05, 3.63) is 35.1 Å². The van der Waals surface area contributed by atoms with E-state index in [1.54, 1.807) is 19.2 Å². The van der Waals surface area contributed by atoms with E-state index in [1.807, 2.05) is 11.8 Å². The van der Waals surface area contributed by atoms with Crippen LogP contribution in [0.1, 0.15) is 24.5 Å². The van der Waals surface area contributed by atoms with Crippen molar-refractivity contribution < 1.29 is 14.3 Å². The van der Waals surface area contributed by atoms with Gasteiger partial charge in [0.1, 0.15) is 5.82 Å². The lowest BCUT2D eigenvalue weighted by Crippen LogP contribution is -2.35. The van der Waals surface area contributed by atoms with Gasteiger partial charge in [-0.25, -0.2) is 4.39 Å². The highest BCUT2D eigenvalue weighted by Gasteiger charge is 2.11. The summed E-state index contributed by atoms with van der Waals surface area (Å²) in [6, 6.07) is 4.81. The normalized spacial score (nSPS) is 10.1. The number of halogens is 1. The van der Waals surface area contributed by atoms with Gasteiger partial charge in [0, 0.05) is 31.1 Å². The summed E-state index contributed by atoms with van der Waals surface area (Å²) in [4.78, 5) is 13.2. The number of carbonyl (C=O) groups excluding carboxylic acids is 1. The summed E-state index contributed by atoms with van der Waals surface area (Å²) in [5.74, 6) is 5.12. The number of nitrogens with one attached hydrogen (secondary N) is 1. The highest BCUT2D eigenvalue weighted by Crippen LogP contribution is 2.12. The standard InChI is InChI=1S/C16H21FN2O2/c1-3-19(12-16(21)18-2)11-14-8-7-13(10-15(14)17)6-4-5-9-20/h7-8,10,20H,3,5,9,11-12H2,1-2H3,(H,18,21). The molecule has 0 saturated heterocycles. The van der Waals surface area contributed by atoms with Gasteiger partial charge in [0.2, 0.25) is 5.91 Å². The molecule has 0 aliphatic heterocycles. The molecular formula is C16H21FN2O2. The van der Waals surface area contributed by atoms with E-state index in [1.165, 1.54) is 6.07 Å². The largest absolute Gasteiger partial charge is 0.395 e. The molecule has 4 nitrogen and oxygen atoms in total. The maximum Gasteiger partial charge on any atom is 0.233 e. The zero-order chi connectivity index (χ0) is 15.7. The lowest BCUT2D eigenvalue weighted by Gasteiger charge is -2.19. The molecule has 1 aromatic carbocycles. The van der Waals surface area contributed by atoms with Crippen LogP contribution in [0.5, 0.6) is 0 Å². The Balaban J connectivity index is 2.75. The van der Waals surface area contributed by atoms with E-state index >= 15 is 0 Å². The van der Waals surface area contributed by atoms with Crippen LogP contribution in [-0.2, 0) is 11.3 Å². The first-order valence-electron chi connectivity index (χ1n) is 6.91. The molecule has 0 aromatic heterocycles. The van der Waals surface area contributed by atoms with Gasteiger partial charge in [0.25, 0.3) is 0 Å². The van der Waals surface area contributed by atoms with Crippen molar-refractivity contribution >= 4 is 5.91 Å². The van der Waals surface area contributed by atoms with E-state index in [0.29, 0.717) is 30.6 Å². The third-order valence-corrected chi connectivity index (χ3v) is 3.01. The first-order valence-corrected chi connectivity index (χ1v) is 6.91. The maximum absolute atomic E-state index is 14.0. The van der Waals surface area contributed by atoms with Gasteiger partial charge in [0.15, 0.2) is 0 Å². The van der Waals surface area contributed by atoms with Crippen molar-refractivity contribution in [3.8, 4) is 11.8 Å². The second-order valence-electron chi connectivity index (χ2n) is 4.56. The Labute approximate surface area is 125 Å². The fourth-order valence-electron chi connectivity index (χ4n) is 1.78. The molecule has 1 amide bonds. The van der Waals surface area contributed by atoms with Crippen LogP contribution in [-0.4, -0.2) is 42.7 Å². The minimum atomic E-state index is -0.332. The van der Waals surface area contributed by atoms with Crippen LogP contribution in [0.25, 0.3) is 0 Å². The predicted molar refractivity (Wildman–Crippen MR) is 80.0 cm³/mol. The molecule has 0 bridgehead atoms. The zero-order valence-corrected chi connectivity index (χ0v) is 12.4. The lowest BCUT2D eigenvalue weighted by molar-refractivity contribution is -0.121. The molecule has 5 heteroatoms. The van der Waals surface area contributed by atoms with E-state index in [4.69, 9.17) is 5.11 Å². The summed E-state index contributed by atoms with van der Waals surface area (Å²) in [5, 5.41) is 11.2. The summed E-state index contributed by atoms with van der Waals surface area (Å²) in [7, 11) is 1.58. The number of aliphatic hydroxyl groups is 1. The Morgan fingerprint density at radius 3 is 2.81 bits per heavy atom. The molecule has 0 radical (unpaired) electrons. The fraction of sp³-hybridized carbons (Fsp3) is 0.438. The number of benzene rings is 1. The van der Waals surface area contributed by atoms with E-state index < -0.39 is 0 Å². The molecule has 2 N–H and O–H groups in total. The van der Waals surface area contributed by atoms with Crippen LogP contribution in [0.4, 0.5) is 4.39 Å². The van der Waals surface area contributed by atoms with Crippen molar-refractivity contribution in [2.45, 2.75) is 19.9 Å². The van der Waals surface area contributed by atoms with Gasteiger partial charge >= 0.3 is 0 Å². The minimum absolute atomic E-state index is 0.00147. The van der Waals surface area contributed by atoms with Gasteiger partial charge in [-0.2, -0.15) is 0 Å². The van der Waals surface area contributed by atoms with E-state index in [2.05, 4.69) is 17.2 Å². The number of nitrogens with zero attached hydrogens (tertiary/aromatic N) is 1. The van der Waals surface area contributed by atoms with Gasteiger partial charge in [-0.3, -0.25) is 9.69 Å². The molecule has 0 fully saturated rings. The Hall–Kier alpha value is -1.90. The lowest BCUT2D eigenvalue weighted by atomic mass is 10.1. The molecule has 1 rings (SSSR count). The van der Waals surface area contributed by atoms with Gasteiger partial charge in [-0.1, -0.05) is 24.8 Å². The van der Waals surface area contributed by atoms with E-state index in [0.717, 1.165) is 0 Å². The summed E-state index contributed by atoms with van der Waals surface area (Å²) >= 11 is 0. The second-order valence-corrected chi connectivity index (χ2v) is 4.56. The number of hydrogen-bond acceptors (Lipinski definition) is 3. The van der Waals surface area contributed by atoms with Crippen molar-refractivity contribution in [3.63, 3.8) is 0 Å². The summed E-state index contributed by atoms with van der Waals surface area (Å²) in [5.41, 5.74) is 1.12. The number of carbonyl (C=O) groups is 1. The number of aliphatic hydroxyl groups excluding tert-OH is 1. The zero-order valence-electron chi connectivity index (χ0n) is 12.4. The van der Waals surface area contributed by atoms with Crippen LogP contribution in [0, 0.1) is 17.7 Å². The summed E-state index contributed by atoms with van der Waals surface area (Å²) in [6.07, 6.45) is 0.374. The highest BCUT2D eigenvalue weighted by molar-refractivity contribution is 5.77. The summed E-state index contributed by atoms with van der Waals surface area (Å²) < 4.78 is 14.0. The van der Waals surface area contributed by atoms with Crippen LogP contribution in [0.3, 0.4) is 0 Å². The molecule has 0 aliphatic rings. The predicted octanol–water partition coefficient (Wildman–Crippen LogP) is 1.13. The monoisotopic (exact) mass is 292 g/mol. The highest BCUT2D eigenvalue weighted by atomic mass is 19.1. The second kappa shape index (κ2) is 9.11. The molecule has 0 spiro atoms. The number of likely N-dealkylation sites (N-methyl/N-ethyl adjacent to an activating group) is 2. The van der Waals surface area contributed by atoms with Crippen LogP contribution in [0.2, 0.25) is 0 Å². The molecule has 114 valence electrons. The van der Waals surface area contributed by atoms with Gasteiger partial charge in [-0.05, 0) is 18.7 Å². The first kappa shape index (κ1) is 17.2. The Morgan fingerprint density at radius 2 is 2.24 bits per heavy atom. The smallest absolute Gasteiger partial charge is 0.233 e. The topological polar surface area (TPSA) is 52.6 Å². The van der Waals surface area contributed by atoms with Crippen molar-refractivity contribution in [1.29, 1.82) is 0 Å². The third kappa shape index (κ3) is 5.94. The number of rotatable bonds is 6. The van der Waals surface area contributed by atoms with Crippen molar-refractivity contribution in [2.24, 2.45) is 0 Å². The molecule has 0 heterocycles. The SMILES string of the molecule is CCN(CC(=O)NC)Cc1ccc(C#CCCO)cc1F. The molecule has 0 aliphatic carbocycles. The van der Waals surface area contributed by atoms with Crippen LogP contribution < -0.4 is 5.32 Å². The quantitative estimate of drug-likeness (QED) is 0.773. The molecule has 0 saturated carbocycles. The Kier molecular flexibility index (Phi) is 7.44. The molecule has 0 unspecified atom stereocenters. The number of amides is 1. The fourth-order valence-corrected chi connectivity index (χ4v) is 1.78. The first-order chi connectivity index (χ1) is 10.1. The third-order valence-electron chi connectivity index (χ3n) is 3.01.